The van der Waals surface area contributed by atoms with Crippen LogP contribution in [0.3, 0.4) is 0 Å². The topological polar surface area (TPSA) is 35.6 Å². The number of rotatable bonds is 4. The first-order chi connectivity index (χ1) is 9.42. The Labute approximate surface area is 123 Å². The van der Waals surface area contributed by atoms with Gasteiger partial charge in [0.2, 0.25) is 5.91 Å². The van der Waals surface area contributed by atoms with Crippen molar-refractivity contribution in [2.75, 3.05) is 19.6 Å². The predicted molar refractivity (Wildman–Crippen MR) is 82.4 cm³/mol. The Morgan fingerprint density at radius 2 is 2.10 bits per heavy atom. The number of piperidine rings is 1. The molecule has 0 aromatic rings. The molecule has 2 aliphatic rings. The van der Waals surface area contributed by atoms with Crippen molar-refractivity contribution in [1.29, 1.82) is 0 Å². The van der Waals surface area contributed by atoms with E-state index in [9.17, 15) is 4.79 Å². The highest BCUT2D eigenvalue weighted by atomic mass is 16.2. The molecule has 0 saturated carbocycles. The Morgan fingerprint density at radius 3 is 2.65 bits per heavy atom. The highest BCUT2D eigenvalue weighted by Crippen LogP contribution is 2.31. The van der Waals surface area contributed by atoms with Gasteiger partial charge < -0.3 is 9.80 Å². The van der Waals surface area contributed by atoms with Gasteiger partial charge in [-0.15, -0.1) is 0 Å². The number of carbonyl (C=O) groups is 1. The highest BCUT2D eigenvalue weighted by molar-refractivity contribution is 5.88. The van der Waals surface area contributed by atoms with Crippen molar-refractivity contribution in [3.63, 3.8) is 0 Å². The molecule has 0 bridgehead atoms. The summed E-state index contributed by atoms with van der Waals surface area (Å²) >= 11 is 0. The van der Waals surface area contributed by atoms with Crippen molar-refractivity contribution < 1.29 is 4.79 Å². The maximum absolute atomic E-state index is 12.9. The second kappa shape index (κ2) is 6.02. The molecule has 2 fully saturated rings. The summed E-state index contributed by atoms with van der Waals surface area (Å²) in [5.41, 5.74) is -0.372. The van der Waals surface area contributed by atoms with Crippen molar-refractivity contribution in [3.05, 3.63) is 0 Å². The quantitative estimate of drug-likeness (QED) is 0.857. The number of likely N-dealkylation sites (tertiary alicyclic amines) is 1. The zero-order chi connectivity index (χ0) is 14.9. The maximum atomic E-state index is 12.9. The fourth-order valence-electron chi connectivity index (χ4n) is 3.55. The van der Waals surface area contributed by atoms with E-state index in [4.69, 9.17) is 0 Å². The van der Waals surface area contributed by atoms with E-state index < -0.39 is 0 Å². The monoisotopic (exact) mass is 281 g/mol. The molecule has 2 saturated heterocycles. The average Bonchev–Trinajstić information content (AvgIpc) is 2.72. The van der Waals surface area contributed by atoms with Gasteiger partial charge in [-0.05, 0) is 45.2 Å². The molecule has 2 aliphatic heterocycles. The van der Waals surface area contributed by atoms with Crippen molar-refractivity contribution in [2.45, 2.75) is 71.6 Å². The number of likely N-dealkylation sites (N-methyl/N-ethyl adjacent to an activating group) is 1. The lowest BCUT2D eigenvalue weighted by Gasteiger charge is -2.40. The third-order valence-electron chi connectivity index (χ3n) is 5.13. The van der Waals surface area contributed by atoms with Crippen LogP contribution < -0.4 is 5.32 Å². The summed E-state index contributed by atoms with van der Waals surface area (Å²) < 4.78 is 0. The third-order valence-corrected chi connectivity index (χ3v) is 5.13. The van der Waals surface area contributed by atoms with Gasteiger partial charge in [0, 0.05) is 12.6 Å². The van der Waals surface area contributed by atoms with Crippen LogP contribution in [0.5, 0.6) is 0 Å². The normalized spacial score (nSPS) is 36.1. The van der Waals surface area contributed by atoms with E-state index in [2.05, 4.69) is 49.7 Å². The SMILES string of the molecule is CCN1CCCC(N2C(=O)C(C)(CC)NC2C(C)C)C1. The van der Waals surface area contributed by atoms with Crippen LogP contribution in [0.15, 0.2) is 0 Å². The maximum Gasteiger partial charge on any atom is 0.244 e. The van der Waals surface area contributed by atoms with Crippen LogP contribution in [-0.2, 0) is 4.79 Å². The number of nitrogens with zero attached hydrogens (tertiary/aromatic N) is 2. The first-order valence-corrected chi connectivity index (χ1v) is 8.25. The summed E-state index contributed by atoms with van der Waals surface area (Å²) in [4.78, 5) is 17.6. The summed E-state index contributed by atoms with van der Waals surface area (Å²) in [6.45, 7) is 14.1. The molecule has 2 rings (SSSR count). The van der Waals surface area contributed by atoms with Gasteiger partial charge in [0.25, 0.3) is 0 Å². The molecule has 0 radical (unpaired) electrons. The van der Waals surface area contributed by atoms with Gasteiger partial charge in [-0.1, -0.05) is 27.7 Å². The van der Waals surface area contributed by atoms with Crippen molar-refractivity contribution >= 4 is 5.91 Å². The Morgan fingerprint density at radius 1 is 1.40 bits per heavy atom. The van der Waals surface area contributed by atoms with Gasteiger partial charge in [-0.3, -0.25) is 10.1 Å². The van der Waals surface area contributed by atoms with E-state index >= 15 is 0 Å². The molecule has 116 valence electrons. The molecule has 0 spiro atoms. The van der Waals surface area contributed by atoms with Gasteiger partial charge in [0.15, 0.2) is 0 Å². The Kier molecular flexibility index (Phi) is 4.75. The van der Waals surface area contributed by atoms with Crippen molar-refractivity contribution in [2.24, 2.45) is 5.92 Å². The van der Waals surface area contributed by atoms with Crippen LogP contribution in [0.1, 0.15) is 53.9 Å². The largest absolute Gasteiger partial charge is 0.321 e. The van der Waals surface area contributed by atoms with E-state index in [1.165, 1.54) is 13.0 Å². The summed E-state index contributed by atoms with van der Waals surface area (Å²) in [7, 11) is 0. The van der Waals surface area contributed by atoms with Crippen LogP contribution in [0.4, 0.5) is 0 Å². The van der Waals surface area contributed by atoms with Crippen LogP contribution >= 0.6 is 0 Å². The Bertz CT molecular complexity index is 358. The summed E-state index contributed by atoms with van der Waals surface area (Å²) in [5, 5.41) is 3.60. The summed E-state index contributed by atoms with van der Waals surface area (Å²) in [6.07, 6.45) is 3.40. The van der Waals surface area contributed by atoms with Gasteiger partial charge >= 0.3 is 0 Å². The number of nitrogens with one attached hydrogen (secondary N) is 1. The van der Waals surface area contributed by atoms with Crippen LogP contribution in [-0.4, -0.2) is 53.1 Å². The molecule has 1 N–H and O–H groups in total. The highest BCUT2D eigenvalue weighted by Gasteiger charge is 2.50. The van der Waals surface area contributed by atoms with E-state index in [1.807, 2.05) is 0 Å². The summed E-state index contributed by atoms with van der Waals surface area (Å²) in [5.74, 6) is 0.756. The number of amides is 1. The van der Waals surface area contributed by atoms with Crippen molar-refractivity contribution in [3.8, 4) is 0 Å². The van der Waals surface area contributed by atoms with E-state index in [0.717, 1.165) is 25.9 Å². The Balaban J connectivity index is 2.20. The first kappa shape index (κ1) is 15.8. The van der Waals surface area contributed by atoms with Gasteiger partial charge in [0.1, 0.15) is 0 Å². The fourth-order valence-corrected chi connectivity index (χ4v) is 3.55. The first-order valence-electron chi connectivity index (χ1n) is 8.25. The second-order valence-corrected chi connectivity index (χ2v) is 6.92. The average molecular weight is 281 g/mol. The Hall–Kier alpha value is -0.610. The molecule has 2 heterocycles. The molecule has 0 aromatic heterocycles. The molecule has 4 heteroatoms. The molecule has 1 amide bonds. The number of hydrogen-bond acceptors (Lipinski definition) is 3. The molecule has 0 aliphatic carbocycles. The number of carbonyl (C=O) groups excluding carboxylic acids is 1. The predicted octanol–water partition coefficient (Wildman–Crippen LogP) is 2.05. The fraction of sp³-hybridized carbons (Fsp3) is 0.938. The molecule has 20 heavy (non-hydrogen) atoms. The minimum Gasteiger partial charge on any atom is -0.321 e. The molecular weight excluding hydrogens is 250 g/mol. The molecule has 4 nitrogen and oxygen atoms in total. The molecule has 0 aromatic carbocycles. The molecule has 3 unspecified atom stereocenters. The molecule has 3 atom stereocenters. The minimum absolute atomic E-state index is 0.189. The van der Waals surface area contributed by atoms with Gasteiger partial charge in [0.05, 0.1) is 11.7 Å². The van der Waals surface area contributed by atoms with Crippen LogP contribution in [0, 0.1) is 5.92 Å². The van der Waals surface area contributed by atoms with Crippen LogP contribution in [0.2, 0.25) is 0 Å². The standard InChI is InChI=1S/C16H31N3O/c1-6-16(5)15(20)19(14(17-16)12(3)4)13-9-8-10-18(7-2)11-13/h12-14,17H,6-11H2,1-5H3. The van der Waals surface area contributed by atoms with E-state index in [-0.39, 0.29) is 11.7 Å². The van der Waals surface area contributed by atoms with Crippen LogP contribution in [0.25, 0.3) is 0 Å². The minimum atomic E-state index is -0.372. The lowest BCUT2D eigenvalue weighted by atomic mass is 9.97. The zero-order valence-electron chi connectivity index (χ0n) is 13.8. The van der Waals surface area contributed by atoms with E-state index in [0.29, 0.717) is 17.9 Å². The lowest BCUT2D eigenvalue weighted by Crippen LogP contribution is -2.53. The summed E-state index contributed by atoms with van der Waals surface area (Å²) in [6, 6.07) is 0.379. The van der Waals surface area contributed by atoms with Crippen molar-refractivity contribution in [1.82, 2.24) is 15.1 Å². The smallest absolute Gasteiger partial charge is 0.244 e. The second-order valence-electron chi connectivity index (χ2n) is 6.92. The van der Waals surface area contributed by atoms with Gasteiger partial charge in [-0.25, -0.2) is 0 Å². The molecular formula is C16H31N3O. The lowest BCUT2D eigenvalue weighted by molar-refractivity contribution is -0.136. The number of hydrogen-bond donors (Lipinski definition) is 1. The third kappa shape index (κ3) is 2.73. The zero-order valence-corrected chi connectivity index (χ0v) is 13.8. The van der Waals surface area contributed by atoms with Gasteiger partial charge in [-0.2, -0.15) is 0 Å². The van der Waals surface area contributed by atoms with E-state index in [1.54, 1.807) is 0 Å².